The van der Waals surface area contributed by atoms with E-state index in [4.69, 9.17) is 15.4 Å². The molecule has 1 amide bonds. The summed E-state index contributed by atoms with van der Waals surface area (Å²) in [7, 11) is 0. The number of carboxylic acid groups (broad SMARTS) is 1. The van der Waals surface area contributed by atoms with E-state index in [-0.39, 0.29) is 19.5 Å². The molecular weight excluding hydrogens is 252 g/mol. The third kappa shape index (κ3) is 9.72. The molecule has 0 fully saturated rings. The SMILES string of the molecule is CC(C)(C)OC(=O)N(CCCN=[N+]=[N-])CCC(=O)O. The van der Waals surface area contributed by atoms with Crippen LogP contribution < -0.4 is 0 Å². The van der Waals surface area contributed by atoms with Gasteiger partial charge >= 0.3 is 12.1 Å². The molecule has 0 atom stereocenters. The number of aliphatic carboxylic acids is 1. The Bertz CT molecular complexity index is 358. The number of carboxylic acids is 1. The van der Waals surface area contributed by atoms with Crippen molar-refractivity contribution in [3.05, 3.63) is 10.4 Å². The van der Waals surface area contributed by atoms with Crippen molar-refractivity contribution >= 4 is 12.1 Å². The molecule has 0 aliphatic carbocycles. The van der Waals surface area contributed by atoms with Crippen molar-refractivity contribution in [2.45, 2.75) is 39.2 Å². The Balaban J connectivity index is 4.42. The van der Waals surface area contributed by atoms with E-state index in [2.05, 4.69) is 10.0 Å². The third-order valence-corrected chi connectivity index (χ3v) is 2.00. The first-order chi connectivity index (χ1) is 8.76. The zero-order valence-corrected chi connectivity index (χ0v) is 11.5. The second kappa shape index (κ2) is 8.20. The average molecular weight is 272 g/mol. The highest BCUT2D eigenvalue weighted by Crippen LogP contribution is 2.10. The summed E-state index contributed by atoms with van der Waals surface area (Å²) in [6.07, 6.45) is -0.251. The molecule has 0 aliphatic rings. The third-order valence-electron chi connectivity index (χ3n) is 2.00. The van der Waals surface area contributed by atoms with Crippen molar-refractivity contribution < 1.29 is 19.4 Å². The second-order valence-corrected chi connectivity index (χ2v) is 4.92. The van der Waals surface area contributed by atoms with Gasteiger partial charge in [-0.05, 0) is 32.7 Å². The highest BCUT2D eigenvalue weighted by Gasteiger charge is 2.22. The smallest absolute Gasteiger partial charge is 0.410 e. The van der Waals surface area contributed by atoms with Crippen LogP contribution in [-0.4, -0.2) is 47.3 Å². The van der Waals surface area contributed by atoms with Crippen molar-refractivity contribution in [2.24, 2.45) is 5.11 Å². The predicted molar refractivity (Wildman–Crippen MR) is 68.7 cm³/mol. The van der Waals surface area contributed by atoms with Gasteiger partial charge < -0.3 is 14.7 Å². The fourth-order valence-corrected chi connectivity index (χ4v) is 1.23. The molecule has 1 N–H and O–H groups in total. The quantitative estimate of drug-likeness (QED) is 0.331. The molecule has 0 rings (SSSR count). The van der Waals surface area contributed by atoms with Gasteiger partial charge in [-0.2, -0.15) is 0 Å². The van der Waals surface area contributed by atoms with Crippen LogP contribution in [0.1, 0.15) is 33.6 Å². The van der Waals surface area contributed by atoms with Crippen molar-refractivity contribution in [1.82, 2.24) is 4.90 Å². The number of carbonyl (C=O) groups is 2. The molecular formula is C11H20N4O4. The van der Waals surface area contributed by atoms with Crippen LogP contribution in [0.15, 0.2) is 5.11 Å². The van der Waals surface area contributed by atoms with E-state index in [9.17, 15) is 9.59 Å². The highest BCUT2D eigenvalue weighted by molar-refractivity contribution is 5.70. The number of rotatable bonds is 7. The van der Waals surface area contributed by atoms with Crippen LogP contribution in [0.2, 0.25) is 0 Å². The first-order valence-electron chi connectivity index (χ1n) is 5.97. The zero-order chi connectivity index (χ0) is 14.9. The number of amides is 1. The minimum atomic E-state index is -0.983. The Labute approximate surface area is 112 Å². The van der Waals surface area contributed by atoms with Crippen molar-refractivity contribution in [2.75, 3.05) is 19.6 Å². The van der Waals surface area contributed by atoms with Gasteiger partial charge in [0, 0.05) is 24.5 Å². The maximum Gasteiger partial charge on any atom is 0.410 e. The number of carbonyl (C=O) groups excluding carboxylic acids is 1. The lowest BCUT2D eigenvalue weighted by Gasteiger charge is -2.27. The topological polar surface area (TPSA) is 116 Å². The molecule has 0 aliphatic heterocycles. The van der Waals surface area contributed by atoms with E-state index in [0.29, 0.717) is 13.0 Å². The Morgan fingerprint density at radius 3 is 2.47 bits per heavy atom. The van der Waals surface area contributed by atoms with Crippen LogP contribution in [0.25, 0.3) is 10.4 Å². The van der Waals surface area contributed by atoms with Crippen LogP contribution >= 0.6 is 0 Å². The molecule has 0 heterocycles. The summed E-state index contributed by atoms with van der Waals surface area (Å²) in [6.45, 7) is 5.82. The summed E-state index contributed by atoms with van der Waals surface area (Å²) in [6, 6.07) is 0. The van der Waals surface area contributed by atoms with Gasteiger partial charge in [0.1, 0.15) is 5.60 Å². The number of hydrogen-bond acceptors (Lipinski definition) is 4. The number of ether oxygens (including phenoxy) is 1. The van der Waals surface area contributed by atoms with Gasteiger partial charge in [0.25, 0.3) is 0 Å². The second-order valence-electron chi connectivity index (χ2n) is 4.92. The van der Waals surface area contributed by atoms with E-state index in [1.807, 2.05) is 0 Å². The summed E-state index contributed by atoms with van der Waals surface area (Å²) in [5, 5.41) is 12.0. The Morgan fingerprint density at radius 2 is 2.00 bits per heavy atom. The minimum absolute atomic E-state index is 0.0700. The van der Waals surface area contributed by atoms with Gasteiger partial charge in [-0.1, -0.05) is 5.11 Å². The molecule has 0 radical (unpaired) electrons. The molecule has 0 spiro atoms. The van der Waals surface area contributed by atoms with E-state index in [0.717, 1.165) is 0 Å². The van der Waals surface area contributed by atoms with Crippen molar-refractivity contribution in [1.29, 1.82) is 0 Å². The van der Waals surface area contributed by atoms with Crippen molar-refractivity contribution in [3.8, 4) is 0 Å². The summed E-state index contributed by atoms with van der Waals surface area (Å²) in [5.74, 6) is -0.983. The summed E-state index contributed by atoms with van der Waals surface area (Å²) >= 11 is 0. The maximum atomic E-state index is 11.8. The molecule has 8 nitrogen and oxygen atoms in total. The van der Waals surface area contributed by atoms with Gasteiger partial charge in [0.2, 0.25) is 0 Å². The van der Waals surface area contributed by atoms with Gasteiger partial charge in [0.15, 0.2) is 0 Å². The maximum absolute atomic E-state index is 11.8. The monoisotopic (exact) mass is 272 g/mol. The van der Waals surface area contributed by atoms with Crippen LogP contribution in [0.5, 0.6) is 0 Å². The molecule has 0 aromatic carbocycles. The molecule has 0 bridgehead atoms. The normalized spacial score (nSPS) is 10.5. The fourth-order valence-electron chi connectivity index (χ4n) is 1.23. The van der Waals surface area contributed by atoms with Crippen LogP contribution in [0.4, 0.5) is 4.79 Å². The standard InChI is InChI=1S/C11H20N4O4/c1-11(2,3)19-10(18)15(8-5-9(16)17)7-4-6-13-14-12/h4-8H2,1-3H3,(H,16,17). The van der Waals surface area contributed by atoms with Crippen molar-refractivity contribution in [3.63, 3.8) is 0 Å². The predicted octanol–water partition coefficient (Wildman–Crippen LogP) is 2.40. The summed E-state index contributed by atoms with van der Waals surface area (Å²) in [4.78, 5) is 26.3. The Morgan fingerprint density at radius 1 is 1.37 bits per heavy atom. The van der Waals surface area contributed by atoms with E-state index < -0.39 is 17.7 Å². The fraction of sp³-hybridized carbons (Fsp3) is 0.818. The van der Waals surface area contributed by atoms with E-state index >= 15 is 0 Å². The molecule has 19 heavy (non-hydrogen) atoms. The minimum Gasteiger partial charge on any atom is -0.481 e. The van der Waals surface area contributed by atoms with E-state index in [1.165, 1.54) is 4.90 Å². The van der Waals surface area contributed by atoms with Crippen LogP contribution in [0.3, 0.4) is 0 Å². The van der Waals surface area contributed by atoms with E-state index in [1.54, 1.807) is 20.8 Å². The Hall–Kier alpha value is -1.95. The first-order valence-corrected chi connectivity index (χ1v) is 5.97. The zero-order valence-electron chi connectivity index (χ0n) is 11.5. The average Bonchev–Trinajstić information content (AvgIpc) is 2.25. The highest BCUT2D eigenvalue weighted by atomic mass is 16.6. The molecule has 0 unspecified atom stereocenters. The lowest BCUT2D eigenvalue weighted by molar-refractivity contribution is -0.137. The number of nitrogens with zero attached hydrogens (tertiary/aromatic N) is 4. The van der Waals surface area contributed by atoms with Crippen LogP contribution in [0, 0.1) is 0 Å². The lowest BCUT2D eigenvalue weighted by Crippen LogP contribution is -2.38. The Kier molecular flexibility index (Phi) is 7.36. The number of hydrogen-bond donors (Lipinski definition) is 1. The van der Waals surface area contributed by atoms with Crippen LogP contribution in [-0.2, 0) is 9.53 Å². The lowest BCUT2D eigenvalue weighted by atomic mass is 10.2. The molecule has 0 aromatic rings. The summed E-state index contributed by atoms with van der Waals surface area (Å²) in [5.41, 5.74) is 7.51. The van der Waals surface area contributed by atoms with Gasteiger partial charge in [-0.15, -0.1) is 0 Å². The first kappa shape index (κ1) is 17.1. The van der Waals surface area contributed by atoms with Gasteiger partial charge in [0.05, 0.1) is 6.42 Å². The summed E-state index contributed by atoms with van der Waals surface area (Å²) < 4.78 is 5.18. The van der Waals surface area contributed by atoms with Gasteiger partial charge in [-0.3, -0.25) is 4.79 Å². The molecule has 0 saturated carbocycles. The molecule has 0 saturated heterocycles. The largest absolute Gasteiger partial charge is 0.481 e. The molecule has 108 valence electrons. The van der Waals surface area contributed by atoms with Gasteiger partial charge in [-0.25, -0.2) is 4.79 Å². The molecule has 8 heteroatoms. The molecule has 0 aromatic heterocycles. The number of azide groups is 1.